The SMILES string of the molecule is CCCCC(N)CCCS(C)(=O)=O. The number of nitrogens with two attached hydrogens (primary N) is 1. The number of hydrogen-bond donors (Lipinski definition) is 1. The van der Waals surface area contributed by atoms with Gasteiger partial charge in [-0.2, -0.15) is 0 Å². The fourth-order valence-electron chi connectivity index (χ4n) is 1.22. The van der Waals surface area contributed by atoms with Crippen LogP contribution in [0.2, 0.25) is 0 Å². The van der Waals surface area contributed by atoms with Crippen molar-refractivity contribution in [2.45, 2.75) is 45.1 Å². The van der Waals surface area contributed by atoms with E-state index < -0.39 is 9.84 Å². The summed E-state index contributed by atoms with van der Waals surface area (Å²) in [6, 6.07) is 0.182. The summed E-state index contributed by atoms with van der Waals surface area (Å²) in [7, 11) is -2.80. The Morgan fingerprint density at radius 3 is 2.23 bits per heavy atom. The van der Waals surface area contributed by atoms with E-state index in [2.05, 4.69) is 6.92 Å². The number of unbranched alkanes of at least 4 members (excludes halogenated alkanes) is 1. The zero-order valence-corrected chi connectivity index (χ0v) is 9.44. The molecule has 0 spiro atoms. The fraction of sp³-hybridized carbons (Fsp3) is 1.00. The molecule has 2 N–H and O–H groups in total. The highest BCUT2D eigenvalue weighted by molar-refractivity contribution is 7.90. The molecule has 0 heterocycles. The number of hydrogen-bond acceptors (Lipinski definition) is 3. The molecule has 13 heavy (non-hydrogen) atoms. The second-order valence-corrected chi connectivity index (χ2v) is 5.93. The molecule has 0 saturated carbocycles. The molecular formula is C9H21NO2S. The molecule has 0 rings (SSSR count). The average Bonchev–Trinajstić information content (AvgIpc) is 1.98. The Hall–Kier alpha value is -0.0900. The highest BCUT2D eigenvalue weighted by atomic mass is 32.2. The van der Waals surface area contributed by atoms with Crippen molar-refractivity contribution in [3.63, 3.8) is 0 Å². The normalized spacial score (nSPS) is 14.4. The first kappa shape index (κ1) is 12.9. The minimum atomic E-state index is -2.80. The third-order valence-corrected chi connectivity index (χ3v) is 3.05. The van der Waals surface area contributed by atoms with Gasteiger partial charge in [-0.15, -0.1) is 0 Å². The van der Waals surface area contributed by atoms with E-state index in [0.717, 1.165) is 25.7 Å². The molecule has 80 valence electrons. The Morgan fingerprint density at radius 2 is 1.77 bits per heavy atom. The summed E-state index contributed by atoms with van der Waals surface area (Å²) < 4.78 is 21.6. The van der Waals surface area contributed by atoms with Crippen molar-refractivity contribution in [2.75, 3.05) is 12.0 Å². The van der Waals surface area contributed by atoms with E-state index in [1.165, 1.54) is 6.26 Å². The maximum absolute atomic E-state index is 10.8. The maximum atomic E-state index is 10.8. The lowest BCUT2D eigenvalue weighted by Gasteiger charge is -2.09. The van der Waals surface area contributed by atoms with Crippen molar-refractivity contribution < 1.29 is 8.42 Å². The van der Waals surface area contributed by atoms with Gasteiger partial charge in [0.25, 0.3) is 0 Å². The molecule has 0 saturated heterocycles. The van der Waals surface area contributed by atoms with Crippen molar-refractivity contribution in [3.8, 4) is 0 Å². The molecule has 0 amide bonds. The molecule has 0 aromatic carbocycles. The first-order chi connectivity index (χ1) is 5.95. The van der Waals surface area contributed by atoms with Crippen LogP contribution in [0.15, 0.2) is 0 Å². The molecule has 0 aromatic rings. The second-order valence-electron chi connectivity index (χ2n) is 3.67. The van der Waals surface area contributed by atoms with Crippen LogP contribution in [0.4, 0.5) is 0 Å². The minimum Gasteiger partial charge on any atom is -0.328 e. The number of rotatable bonds is 7. The Balaban J connectivity index is 3.42. The molecule has 3 nitrogen and oxygen atoms in total. The van der Waals surface area contributed by atoms with Crippen LogP contribution in [0.1, 0.15) is 39.0 Å². The van der Waals surface area contributed by atoms with Gasteiger partial charge in [0.2, 0.25) is 0 Å². The van der Waals surface area contributed by atoms with Gasteiger partial charge in [0.15, 0.2) is 0 Å². The van der Waals surface area contributed by atoms with E-state index in [-0.39, 0.29) is 11.8 Å². The van der Waals surface area contributed by atoms with E-state index in [1.807, 2.05) is 0 Å². The summed E-state index contributed by atoms with van der Waals surface area (Å²) in [6.45, 7) is 2.13. The van der Waals surface area contributed by atoms with Crippen molar-refractivity contribution in [1.82, 2.24) is 0 Å². The first-order valence-electron chi connectivity index (χ1n) is 4.89. The van der Waals surface area contributed by atoms with Crippen molar-refractivity contribution in [3.05, 3.63) is 0 Å². The van der Waals surface area contributed by atoms with E-state index in [0.29, 0.717) is 6.42 Å². The largest absolute Gasteiger partial charge is 0.328 e. The summed E-state index contributed by atoms with van der Waals surface area (Å²) in [5.41, 5.74) is 5.79. The van der Waals surface area contributed by atoms with Crippen LogP contribution in [-0.4, -0.2) is 26.5 Å². The van der Waals surface area contributed by atoms with Gasteiger partial charge in [0.05, 0.1) is 0 Å². The zero-order valence-electron chi connectivity index (χ0n) is 8.62. The molecule has 1 atom stereocenters. The Morgan fingerprint density at radius 1 is 1.23 bits per heavy atom. The van der Waals surface area contributed by atoms with Crippen molar-refractivity contribution in [2.24, 2.45) is 5.73 Å². The molecule has 4 heteroatoms. The second kappa shape index (κ2) is 6.38. The molecule has 0 aliphatic carbocycles. The van der Waals surface area contributed by atoms with Gasteiger partial charge in [0, 0.05) is 18.1 Å². The van der Waals surface area contributed by atoms with Gasteiger partial charge >= 0.3 is 0 Å². The van der Waals surface area contributed by atoms with Crippen LogP contribution in [0.5, 0.6) is 0 Å². The van der Waals surface area contributed by atoms with E-state index >= 15 is 0 Å². The van der Waals surface area contributed by atoms with Crippen LogP contribution in [0.25, 0.3) is 0 Å². The third kappa shape index (κ3) is 9.83. The minimum absolute atomic E-state index is 0.182. The van der Waals surface area contributed by atoms with Gasteiger partial charge in [-0.25, -0.2) is 8.42 Å². The zero-order chi connectivity index (χ0) is 10.3. The van der Waals surface area contributed by atoms with E-state index in [9.17, 15) is 8.42 Å². The summed E-state index contributed by atoms with van der Waals surface area (Å²) in [6.07, 6.45) is 6.10. The highest BCUT2D eigenvalue weighted by Crippen LogP contribution is 2.05. The molecule has 0 aromatic heterocycles. The monoisotopic (exact) mass is 207 g/mol. The molecule has 0 fully saturated rings. The van der Waals surface area contributed by atoms with Gasteiger partial charge in [-0.1, -0.05) is 19.8 Å². The topological polar surface area (TPSA) is 60.2 Å². The summed E-state index contributed by atoms with van der Waals surface area (Å²) in [5, 5.41) is 0. The summed E-state index contributed by atoms with van der Waals surface area (Å²) >= 11 is 0. The van der Waals surface area contributed by atoms with Gasteiger partial charge in [-0.3, -0.25) is 0 Å². The fourth-order valence-corrected chi connectivity index (χ4v) is 1.91. The lowest BCUT2D eigenvalue weighted by Crippen LogP contribution is -2.20. The first-order valence-corrected chi connectivity index (χ1v) is 6.95. The Labute approximate surface area is 81.6 Å². The molecule has 1 unspecified atom stereocenters. The van der Waals surface area contributed by atoms with Gasteiger partial charge in [0.1, 0.15) is 9.84 Å². The molecule has 0 bridgehead atoms. The van der Waals surface area contributed by atoms with Crippen LogP contribution in [-0.2, 0) is 9.84 Å². The summed E-state index contributed by atoms with van der Waals surface area (Å²) in [5.74, 6) is 0.271. The van der Waals surface area contributed by atoms with Crippen molar-refractivity contribution in [1.29, 1.82) is 0 Å². The molecule has 0 aliphatic heterocycles. The van der Waals surface area contributed by atoms with Crippen LogP contribution in [0, 0.1) is 0 Å². The van der Waals surface area contributed by atoms with E-state index in [4.69, 9.17) is 5.73 Å². The average molecular weight is 207 g/mol. The van der Waals surface area contributed by atoms with Crippen LogP contribution >= 0.6 is 0 Å². The quantitative estimate of drug-likeness (QED) is 0.685. The smallest absolute Gasteiger partial charge is 0.147 e. The summed E-state index contributed by atoms with van der Waals surface area (Å²) in [4.78, 5) is 0. The highest BCUT2D eigenvalue weighted by Gasteiger charge is 2.05. The predicted octanol–water partition coefficient (Wildman–Crippen LogP) is 1.33. The standard InChI is InChI=1S/C9H21NO2S/c1-3-4-6-9(10)7-5-8-13(2,11)12/h9H,3-8,10H2,1-2H3. The molecule has 0 radical (unpaired) electrons. The van der Waals surface area contributed by atoms with E-state index in [1.54, 1.807) is 0 Å². The predicted molar refractivity (Wildman–Crippen MR) is 56.4 cm³/mol. The third-order valence-electron chi connectivity index (χ3n) is 2.02. The Bertz CT molecular complexity index is 212. The van der Waals surface area contributed by atoms with Crippen LogP contribution in [0.3, 0.4) is 0 Å². The maximum Gasteiger partial charge on any atom is 0.147 e. The van der Waals surface area contributed by atoms with Gasteiger partial charge < -0.3 is 5.73 Å². The van der Waals surface area contributed by atoms with Gasteiger partial charge in [-0.05, 0) is 19.3 Å². The number of sulfone groups is 1. The molecular weight excluding hydrogens is 186 g/mol. The lowest BCUT2D eigenvalue weighted by atomic mass is 10.1. The van der Waals surface area contributed by atoms with Crippen LogP contribution < -0.4 is 5.73 Å². The van der Waals surface area contributed by atoms with Crippen molar-refractivity contribution >= 4 is 9.84 Å². The molecule has 0 aliphatic rings. The lowest BCUT2D eigenvalue weighted by molar-refractivity contribution is 0.531. The Kier molecular flexibility index (Phi) is 6.33.